The van der Waals surface area contributed by atoms with Crippen LogP contribution in [-0.2, 0) is 23.7 Å². The van der Waals surface area contributed by atoms with E-state index in [1.54, 1.807) is 13.0 Å². The fraction of sp³-hybridized carbons (Fsp3) is 0.875. The smallest absolute Gasteiger partial charge is 0.275 e. The normalized spacial score (nSPS) is 39.8. The van der Waals surface area contributed by atoms with Crippen LogP contribution in [0.1, 0.15) is 32.6 Å². The quantitative estimate of drug-likeness (QED) is 0.107. The summed E-state index contributed by atoms with van der Waals surface area (Å²) >= 11 is 0. The molecule has 15 nitrogen and oxygen atoms in total. The molecule has 0 aromatic rings. The molecule has 0 bridgehead atoms. The molecule has 1 saturated carbocycles. The number of carbonyl (C=O) groups is 1. The molecular formula is C24H45N5O10. The van der Waals surface area contributed by atoms with Gasteiger partial charge in [-0.25, -0.2) is 0 Å². The second-order valence-corrected chi connectivity index (χ2v) is 10.1. The molecule has 39 heavy (non-hydrogen) atoms. The van der Waals surface area contributed by atoms with E-state index >= 15 is 0 Å². The average Bonchev–Trinajstić information content (AvgIpc) is 2.92. The Morgan fingerprint density at radius 1 is 1.21 bits per heavy atom. The molecule has 0 spiro atoms. The molecular weight excluding hydrogens is 518 g/mol. The highest BCUT2D eigenvalue weighted by molar-refractivity contribution is 5.80. The number of aliphatic hydroxyl groups is 5. The number of nitrogens with one attached hydrogen (secondary N) is 2. The molecule has 12 atom stereocenters. The average molecular weight is 564 g/mol. The maximum atomic E-state index is 12.6. The van der Waals surface area contributed by atoms with Crippen molar-refractivity contribution in [3.05, 3.63) is 12.0 Å². The topological polar surface area (TPSA) is 257 Å². The summed E-state index contributed by atoms with van der Waals surface area (Å²) in [5.41, 5.74) is 17.5. The molecule has 0 aromatic carbocycles. The van der Waals surface area contributed by atoms with Crippen molar-refractivity contribution in [2.24, 2.45) is 17.2 Å². The standard InChI is InChI=1S/C24H45N5O10/c1-2-28-17-18(32)15(10-30)37-24(19(17)33)39-22-13(29-23(35)14(31)6-7-25)8-12(27)21(20(22)34)38-16-5-3-4-11(9-26)36-16/h5,11-15,17-22,24,28,30-34H,2-4,6-10,25-27H2,1H3,(H,29,35)/t11-,12-,13+,14-,15?,17-,18+,19?,20?,21?,22-,24+/m0/s1. The van der Waals surface area contributed by atoms with Crippen LogP contribution in [0.3, 0.4) is 0 Å². The van der Waals surface area contributed by atoms with Crippen molar-refractivity contribution in [3.63, 3.8) is 0 Å². The van der Waals surface area contributed by atoms with E-state index < -0.39 is 79.7 Å². The van der Waals surface area contributed by atoms with E-state index in [0.29, 0.717) is 13.0 Å². The molecule has 1 saturated heterocycles. The van der Waals surface area contributed by atoms with Crippen molar-refractivity contribution >= 4 is 5.91 Å². The van der Waals surface area contributed by atoms with E-state index in [-0.39, 0.29) is 38.0 Å². The van der Waals surface area contributed by atoms with Gasteiger partial charge < -0.3 is 72.3 Å². The van der Waals surface area contributed by atoms with E-state index in [1.165, 1.54) is 0 Å². The summed E-state index contributed by atoms with van der Waals surface area (Å²) in [4.78, 5) is 12.6. The van der Waals surface area contributed by atoms with Crippen LogP contribution in [0.2, 0.25) is 0 Å². The minimum atomic E-state index is -1.46. The molecule has 1 aliphatic carbocycles. The summed E-state index contributed by atoms with van der Waals surface area (Å²) in [6.45, 7) is 1.99. The number of ether oxygens (including phenoxy) is 4. The highest BCUT2D eigenvalue weighted by Crippen LogP contribution is 2.31. The zero-order valence-corrected chi connectivity index (χ0v) is 22.2. The minimum Gasteiger partial charge on any atom is -0.461 e. The molecule has 15 heteroatoms. The van der Waals surface area contributed by atoms with Gasteiger partial charge in [0.2, 0.25) is 5.91 Å². The van der Waals surface area contributed by atoms with E-state index in [9.17, 15) is 30.3 Å². The molecule has 2 fully saturated rings. The van der Waals surface area contributed by atoms with Crippen LogP contribution in [0.5, 0.6) is 0 Å². The van der Waals surface area contributed by atoms with Gasteiger partial charge in [-0.1, -0.05) is 6.92 Å². The molecule has 0 radical (unpaired) electrons. The number of carbonyl (C=O) groups excluding carboxylic acids is 1. The van der Waals surface area contributed by atoms with E-state index in [0.717, 1.165) is 6.42 Å². The van der Waals surface area contributed by atoms with Crippen LogP contribution in [0.15, 0.2) is 12.0 Å². The van der Waals surface area contributed by atoms with Gasteiger partial charge in [-0.15, -0.1) is 0 Å². The van der Waals surface area contributed by atoms with E-state index in [2.05, 4.69) is 10.6 Å². The minimum absolute atomic E-state index is 0.0170. The maximum absolute atomic E-state index is 12.6. The first-order valence-electron chi connectivity index (χ1n) is 13.5. The van der Waals surface area contributed by atoms with E-state index in [1.807, 2.05) is 0 Å². The lowest BCUT2D eigenvalue weighted by atomic mass is 9.83. The number of nitrogens with two attached hydrogens (primary N) is 3. The summed E-state index contributed by atoms with van der Waals surface area (Å²) in [7, 11) is 0. The lowest BCUT2D eigenvalue weighted by Crippen LogP contribution is -2.68. The molecule has 226 valence electrons. The third-order valence-electron chi connectivity index (χ3n) is 7.30. The van der Waals surface area contributed by atoms with Gasteiger partial charge in [0.15, 0.2) is 6.29 Å². The van der Waals surface area contributed by atoms with Crippen LogP contribution >= 0.6 is 0 Å². The summed E-state index contributed by atoms with van der Waals surface area (Å²) in [6.07, 6.45) is -7.35. The summed E-state index contributed by atoms with van der Waals surface area (Å²) < 4.78 is 23.4. The number of hydrogen-bond acceptors (Lipinski definition) is 14. The summed E-state index contributed by atoms with van der Waals surface area (Å²) in [5.74, 6) is -0.568. The van der Waals surface area contributed by atoms with Crippen LogP contribution in [-0.4, -0.2) is 131 Å². The largest absolute Gasteiger partial charge is 0.461 e. The Labute approximate surface area is 227 Å². The predicted molar refractivity (Wildman–Crippen MR) is 136 cm³/mol. The Morgan fingerprint density at radius 2 is 1.95 bits per heavy atom. The van der Waals surface area contributed by atoms with Crippen LogP contribution < -0.4 is 27.8 Å². The molecule has 3 rings (SSSR count). The van der Waals surface area contributed by atoms with Gasteiger partial charge in [-0.05, 0) is 44.8 Å². The predicted octanol–water partition coefficient (Wildman–Crippen LogP) is -4.56. The molecule has 2 heterocycles. The van der Waals surface area contributed by atoms with Crippen molar-refractivity contribution in [1.82, 2.24) is 10.6 Å². The first kappa shape index (κ1) is 31.9. The monoisotopic (exact) mass is 563 g/mol. The van der Waals surface area contributed by atoms with Gasteiger partial charge in [0.05, 0.1) is 18.7 Å². The van der Waals surface area contributed by atoms with Crippen molar-refractivity contribution in [2.75, 3.05) is 26.2 Å². The van der Waals surface area contributed by atoms with Gasteiger partial charge in [0, 0.05) is 12.6 Å². The number of allylic oxidation sites excluding steroid dienone is 1. The van der Waals surface area contributed by atoms with Gasteiger partial charge in [0.25, 0.3) is 5.95 Å². The number of rotatable bonds is 12. The third-order valence-corrected chi connectivity index (χ3v) is 7.30. The van der Waals surface area contributed by atoms with Gasteiger partial charge in [-0.2, -0.15) is 0 Å². The number of aliphatic hydroxyl groups excluding tert-OH is 5. The molecule has 4 unspecified atom stereocenters. The Balaban J connectivity index is 1.84. The lowest BCUT2D eigenvalue weighted by molar-refractivity contribution is -0.309. The fourth-order valence-electron chi connectivity index (χ4n) is 5.15. The lowest BCUT2D eigenvalue weighted by Gasteiger charge is -2.48. The van der Waals surface area contributed by atoms with Crippen molar-refractivity contribution < 1.29 is 49.3 Å². The summed E-state index contributed by atoms with van der Waals surface area (Å²) in [5, 5.41) is 58.3. The molecule has 3 aliphatic rings. The first-order chi connectivity index (χ1) is 18.6. The van der Waals surface area contributed by atoms with Crippen LogP contribution in [0, 0.1) is 0 Å². The van der Waals surface area contributed by atoms with Crippen molar-refractivity contribution in [3.8, 4) is 0 Å². The van der Waals surface area contributed by atoms with Crippen molar-refractivity contribution in [2.45, 2.75) is 106 Å². The Hall–Kier alpha value is -1.63. The van der Waals surface area contributed by atoms with Gasteiger partial charge in [0.1, 0.15) is 48.8 Å². The first-order valence-corrected chi connectivity index (χ1v) is 13.5. The Bertz CT molecular complexity index is 809. The highest BCUT2D eigenvalue weighted by atomic mass is 16.7. The summed E-state index contributed by atoms with van der Waals surface area (Å²) in [6, 6.07) is -2.63. The second-order valence-electron chi connectivity index (χ2n) is 10.1. The Kier molecular flexibility index (Phi) is 12.1. The van der Waals surface area contributed by atoms with Crippen molar-refractivity contribution in [1.29, 1.82) is 0 Å². The number of likely N-dealkylation sites (N-methyl/N-ethyl adjacent to an activating group) is 1. The van der Waals surface area contributed by atoms with Gasteiger partial charge >= 0.3 is 0 Å². The zero-order valence-electron chi connectivity index (χ0n) is 22.2. The molecule has 2 aliphatic heterocycles. The molecule has 0 aromatic heterocycles. The number of hydrogen-bond donors (Lipinski definition) is 10. The fourth-order valence-corrected chi connectivity index (χ4v) is 5.15. The molecule has 13 N–H and O–H groups in total. The van der Waals surface area contributed by atoms with E-state index in [4.69, 9.17) is 36.1 Å². The zero-order chi connectivity index (χ0) is 28.7. The SMILES string of the molecule is CCN[C@@H]1C(O)[C@@H](O[C@@H]2C(O)C(OC3=CCC[C@@H](CN)O3)[C@@H](N)C[C@H]2NC(=O)[C@@H](O)CCN)OC(CO)[C@H]1O. The number of amides is 1. The third kappa shape index (κ3) is 7.77. The molecule has 1 amide bonds. The Morgan fingerprint density at radius 3 is 2.59 bits per heavy atom. The second kappa shape index (κ2) is 14.8. The van der Waals surface area contributed by atoms with Gasteiger partial charge in [-0.3, -0.25) is 4.79 Å². The maximum Gasteiger partial charge on any atom is 0.275 e. The highest BCUT2D eigenvalue weighted by Gasteiger charge is 2.51. The van der Waals surface area contributed by atoms with Crippen LogP contribution in [0.4, 0.5) is 0 Å². The van der Waals surface area contributed by atoms with Crippen LogP contribution in [0.25, 0.3) is 0 Å².